The first-order chi connectivity index (χ1) is 9.20. The molecule has 0 aliphatic carbocycles. The van der Waals surface area contributed by atoms with Gasteiger partial charge in [-0.2, -0.15) is 0 Å². The van der Waals surface area contributed by atoms with E-state index in [0.717, 1.165) is 0 Å². The van der Waals surface area contributed by atoms with Crippen molar-refractivity contribution in [1.82, 2.24) is 10.3 Å². The van der Waals surface area contributed by atoms with Crippen LogP contribution in [0.25, 0.3) is 0 Å². The van der Waals surface area contributed by atoms with E-state index in [1.807, 2.05) is 0 Å². The molecule has 0 radical (unpaired) electrons. The average molecular weight is 262 g/mol. The largest absolute Gasteiger partial charge is 0.486 e. The average Bonchev–Trinajstić information content (AvgIpc) is 2.81. The molecule has 6 heteroatoms. The van der Waals surface area contributed by atoms with Crippen LogP contribution in [0.5, 0.6) is 5.75 Å². The molecule has 1 heterocycles. The molecule has 98 valence electrons. The number of hydrogen-bond acceptors (Lipinski definition) is 5. The third-order valence-electron chi connectivity index (χ3n) is 2.35. The molecule has 1 aromatic carbocycles. The van der Waals surface area contributed by atoms with Crippen molar-refractivity contribution < 1.29 is 18.9 Å². The second-order valence-corrected chi connectivity index (χ2v) is 3.69. The number of benzene rings is 1. The Morgan fingerprint density at radius 3 is 2.95 bits per heavy atom. The molecule has 0 fully saturated rings. The van der Waals surface area contributed by atoms with Crippen molar-refractivity contribution >= 4 is 0 Å². The molecule has 0 amide bonds. The Morgan fingerprint density at radius 2 is 2.26 bits per heavy atom. The molecule has 2 rings (SSSR count). The first-order valence-corrected chi connectivity index (χ1v) is 5.51. The van der Waals surface area contributed by atoms with Crippen LogP contribution in [0, 0.1) is 24.6 Å². The summed E-state index contributed by atoms with van der Waals surface area (Å²) in [7, 11) is 0. The summed E-state index contributed by atoms with van der Waals surface area (Å²) >= 11 is 0. The lowest BCUT2D eigenvalue weighted by Crippen LogP contribution is -1.99. The van der Waals surface area contributed by atoms with Crippen molar-refractivity contribution in [3.05, 3.63) is 41.0 Å². The number of aliphatic hydroxyl groups excluding tert-OH is 1. The number of aliphatic hydroxyl groups is 1. The van der Waals surface area contributed by atoms with E-state index in [1.165, 1.54) is 18.2 Å². The zero-order valence-corrected chi connectivity index (χ0v) is 10.2. The van der Waals surface area contributed by atoms with E-state index in [2.05, 4.69) is 26.8 Å². The van der Waals surface area contributed by atoms with Gasteiger partial charge in [0, 0.05) is 0 Å². The van der Waals surface area contributed by atoms with Gasteiger partial charge in [-0.05, 0) is 25.1 Å². The molecule has 0 aliphatic rings. The number of nitrogens with zero attached hydrogens (tertiary/aromatic N) is 2. The SMILES string of the molecule is Cc1nonc1COc1ccc(F)cc1C#CCO. The number of rotatable bonds is 3. The van der Waals surface area contributed by atoms with Crippen molar-refractivity contribution in [2.24, 2.45) is 0 Å². The highest BCUT2D eigenvalue weighted by Gasteiger charge is 2.08. The monoisotopic (exact) mass is 262 g/mol. The lowest BCUT2D eigenvalue weighted by molar-refractivity contribution is 0.269. The number of hydrogen-bond donors (Lipinski definition) is 1. The van der Waals surface area contributed by atoms with E-state index < -0.39 is 5.82 Å². The fourth-order valence-electron chi connectivity index (χ4n) is 1.39. The molecule has 0 saturated carbocycles. The normalized spacial score (nSPS) is 9.84. The van der Waals surface area contributed by atoms with Crippen molar-refractivity contribution in [3.8, 4) is 17.6 Å². The molecular formula is C13H11FN2O3. The molecule has 1 aromatic heterocycles. The van der Waals surface area contributed by atoms with Gasteiger partial charge in [0.1, 0.15) is 36.2 Å². The molecule has 0 aliphatic heterocycles. The van der Waals surface area contributed by atoms with E-state index in [1.54, 1.807) is 6.92 Å². The molecule has 0 bridgehead atoms. The molecule has 0 saturated heterocycles. The summed E-state index contributed by atoms with van der Waals surface area (Å²) in [5.74, 6) is 5.06. The molecule has 0 atom stereocenters. The summed E-state index contributed by atoms with van der Waals surface area (Å²) < 4.78 is 23.2. The van der Waals surface area contributed by atoms with Crippen LogP contribution < -0.4 is 4.74 Å². The van der Waals surface area contributed by atoms with Gasteiger partial charge in [0.05, 0.1) is 5.56 Å². The predicted molar refractivity (Wildman–Crippen MR) is 63.7 cm³/mol. The Balaban J connectivity index is 2.17. The fraction of sp³-hybridized carbons (Fsp3) is 0.231. The second kappa shape index (κ2) is 5.98. The third-order valence-corrected chi connectivity index (χ3v) is 2.35. The van der Waals surface area contributed by atoms with Crippen LogP contribution >= 0.6 is 0 Å². The zero-order chi connectivity index (χ0) is 13.7. The molecule has 2 aromatic rings. The lowest BCUT2D eigenvalue weighted by atomic mass is 10.2. The van der Waals surface area contributed by atoms with E-state index in [4.69, 9.17) is 9.84 Å². The number of aromatic nitrogens is 2. The first kappa shape index (κ1) is 13.1. The molecule has 0 unspecified atom stereocenters. The van der Waals surface area contributed by atoms with Crippen LogP contribution in [0.1, 0.15) is 17.0 Å². The second-order valence-electron chi connectivity index (χ2n) is 3.69. The van der Waals surface area contributed by atoms with Gasteiger partial charge in [-0.3, -0.25) is 0 Å². The highest BCUT2D eigenvalue weighted by Crippen LogP contribution is 2.20. The van der Waals surface area contributed by atoms with Gasteiger partial charge in [-0.1, -0.05) is 22.2 Å². The minimum Gasteiger partial charge on any atom is -0.486 e. The topological polar surface area (TPSA) is 68.4 Å². The maximum Gasteiger partial charge on any atom is 0.145 e. The van der Waals surface area contributed by atoms with E-state index in [-0.39, 0.29) is 13.2 Å². The first-order valence-electron chi connectivity index (χ1n) is 5.51. The maximum absolute atomic E-state index is 13.1. The van der Waals surface area contributed by atoms with E-state index in [9.17, 15) is 4.39 Å². The van der Waals surface area contributed by atoms with Gasteiger partial charge in [-0.25, -0.2) is 9.02 Å². The van der Waals surface area contributed by atoms with Gasteiger partial charge in [0.2, 0.25) is 0 Å². The summed E-state index contributed by atoms with van der Waals surface area (Å²) in [6, 6.07) is 3.98. The van der Waals surface area contributed by atoms with Gasteiger partial charge in [-0.15, -0.1) is 0 Å². The predicted octanol–water partition coefficient (Wildman–Crippen LogP) is 1.44. The van der Waals surface area contributed by atoms with Crippen molar-refractivity contribution in [2.45, 2.75) is 13.5 Å². The Kier molecular flexibility index (Phi) is 4.11. The standard InChI is InChI=1S/C13H11FN2O3/c1-9-12(16-19-15-9)8-18-13-5-4-11(14)7-10(13)3-2-6-17/h4-5,7,17H,6,8H2,1H3. The van der Waals surface area contributed by atoms with Gasteiger partial charge >= 0.3 is 0 Å². The van der Waals surface area contributed by atoms with E-state index >= 15 is 0 Å². The van der Waals surface area contributed by atoms with Gasteiger partial charge < -0.3 is 9.84 Å². The van der Waals surface area contributed by atoms with Crippen LogP contribution in [0.15, 0.2) is 22.8 Å². The molecule has 0 spiro atoms. The minimum atomic E-state index is -0.422. The molecule has 1 N–H and O–H groups in total. The number of halogens is 1. The van der Waals surface area contributed by atoms with Crippen molar-refractivity contribution in [2.75, 3.05) is 6.61 Å². The number of aryl methyl sites for hydroxylation is 1. The number of ether oxygens (including phenoxy) is 1. The summed E-state index contributed by atoms with van der Waals surface area (Å²) in [4.78, 5) is 0. The van der Waals surface area contributed by atoms with Crippen LogP contribution in [0.4, 0.5) is 4.39 Å². The summed E-state index contributed by atoms with van der Waals surface area (Å²) in [5, 5.41) is 16.0. The van der Waals surface area contributed by atoms with Gasteiger partial charge in [0.25, 0.3) is 0 Å². The Hall–Kier alpha value is -2.39. The highest BCUT2D eigenvalue weighted by molar-refractivity contribution is 5.46. The van der Waals surface area contributed by atoms with Gasteiger partial charge in [0.15, 0.2) is 0 Å². The van der Waals surface area contributed by atoms with Crippen LogP contribution in [-0.4, -0.2) is 22.0 Å². The summed E-state index contributed by atoms with van der Waals surface area (Å²) in [6.07, 6.45) is 0. The quantitative estimate of drug-likeness (QED) is 0.848. The van der Waals surface area contributed by atoms with Crippen LogP contribution in [0.2, 0.25) is 0 Å². The Bertz CT molecular complexity index is 628. The Morgan fingerprint density at radius 1 is 1.42 bits per heavy atom. The maximum atomic E-state index is 13.1. The van der Waals surface area contributed by atoms with Crippen molar-refractivity contribution in [1.29, 1.82) is 0 Å². The third kappa shape index (κ3) is 3.30. The zero-order valence-electron chi connectivity index (χ0n) is 10.2. The molecule has 19 heavy (non-hydrogen) atoms. The lowest BCUT2D eigenvalue weighted by Gasteiger charge is -2.06. The van der Waals surface area contributed by atoms with Crippen LogP contribution in [0.3, 0.4) is 0 Å². The van der Waals surface area contributed by atoms with Crippen molar-refractivity contribution in [3.63, 3.8) is 0 Å². The minimum absolute atomic E-state index is 0.148. The molecular weight excluding hydrogens is 251 g/mol. The summed E-state index contributed by atoms with van der Waals surface area (Å²) in [5.41, 5.74) is 1.55. The fourth-order valence-corrected chi connectivity index (χ4v) is 1.39. The Labute approximate surface area is 109 Å². The summed E-state index contributed by atoms with van der Waals surface area (Å²) in [6.45, 7) is 1.59. The van der Waals surface area contributed by atoms with E-state index in [0.29, 0.717) is 22.7 Å². The smallest absolute Gasteiger partial charge is 0.145 e. The molecule has 5 nitrogen and oxygen atoms in total. The van der Waals surface area contributed by atoms with Crippen LogP contribution in [-0.2, 0) is 6.61 Å². The highest BCUT2D eigenvalue weighted by atomic mass is 19.1.